The fourth-order valence-electron chi connectivity index (χ4n) is 2.65. The summed E-state index contributed by atoms with van der Waals surface area (Å²) < 4.78 is 10.5. The molecule has 5 nitrogen and oxygen atoms in total. The standard InChI is InChI=1S/C17H26N2O3S/c1-13-7-10-23-11-9-19(13)17(20)18-8-6-14-4-5-15(21-2)16(12-14)22-3/h4-5,12-13H,6-11H2,1-3H3,(H,18,20). The molecule has 0 bridgehead atoms. The molecule has 0 spiro atoms. The molecule has 0 aliphatic carbocycles. The van der Waals surface area contributed by atoms with Crippen molar-refractivity contribution in [2.24, 2.45) is 0 Å². The van der Waals surface area contributed by atoms with Crippen LogP contribution >= 0.6 is 11.8 Å². The predicted octanol–water partition coefficient (Wildman–Crippen LogP) is 2.78. The van der Waals surface area contributed by atoms with Crippen molar-refractivity contribution in [3.8, 4) is 11.5 Å². The molecule has 128 valence electrons. The van der Waals surface area contributed by atoms with Crippen LogP contribution < -0.4 is 14.8 Å². The average Bonchev–Trinajstić information content (AvgIpc) is 2.79. The van der Waals surface area contributed by atoms with Crippen molar-refractivity contribution < 1.29 is 14.3 Å². The highest BCUT2D eigenvalue weighted by Crippen LogP contribution is 2.27. The first kappa shape index (κ1) is 17.8. The van der Waals surface area contributed by atoms with Gasteiger partial charge in [-0.2, -0.15) is 11.8 Å². The smallest absolute Gasteiger partial charge is 0.317 e. The van der Waals surface area contributed by atoms with E-state index in [1.807, 2.05) is 34.9 Å². The molecule has 1 fully saturated rings. The molecule has 2 amide bonds. The normalized spacial score (nSPS) is 18.2. The number of nitrogens with zero attached hydrogens (tertiary/aromatic N) is 1. The van der Waals surface area contributed by atoms with Crippen LogP contribution in [0.5, 0.6) is 11.5 Å². The van der Waals surface area contributed by atoms with Crippen LogP contribution in [0.15, 0.2) is 18.2 Å². The Kier molecular flexibility index (Phi) is 6.89. The van der Waals surface area contributed by atoms with Crippen molar-refractivity contribution in [3.63, 3.8) is 0 Å². The number of carbonyl (C=O) groups is 1. The van der Waals surface area contributed by atoms with E-state index in [9.17, 15) is 4.79 Å². The van der Waals surface area contributed by atoms with Gasteiger partial charge in [0.1, 0.15) is 0 Å². The molecule has 1 N–H and O–H groups in total. The summed E-state index contributed by atoms with van der Waals surface area (Å²) in [5.41, 5.74) is 1.11. The van der Waals surface area contributed by atoms with Gasteiger partial charge < -0.3 is 19.7 Å². The SMILES string of the molecule is COc1ccc(CCNC(=O)N2CCSCCC2C)cc1OC. The van der Waals surface area contributed by atoms with Crippen LogP contribution in [0.2, 0.25) is 0 Å². The Balaban J connectivity index is 1.85. The van der Waals surface area contributed by atoms with Crippen molar-refractivity contribution >= 4 is 17.8 Å². The molecule has 1 atom stereocenters. The highest BCUT2D eigenvalue weighted by Gasteiger charge is 2.21. The van der Waals surface area contributed by atoms with Gasteiger partial charge in [-0.25, -0.2) is 4.79 Å². The van der Waals surface area contributed by atoms with E-state index in [4.69, 9.17) is 9.47 Å². The summed E-state index contributed by atoms with van der Waals surface area (Å²) in [6.07, 6.45) is 1.83. The summed E-state index contributed by atoms with van der Waals surface area (Å²) in [7, 11) is 3.25. The van der Waals surface area contributed by atoms with Gasteiger partial charge in [0.25, 0.3) is 0 Å². The lowest BCUT2D eigenvalue weighted by Crippen LogP contribution is -2.46. The maximum Gasteiger partial charge on any atom is 0.317 e. The Morgan fingerprint density at radius 2 is 2.09 bits per heavy atom. The number of nitrogens with one attached hydrogen (secondary N) is 1. The number of hydrogen-bond donors (Lipinski definition) is 1. The molecule has 1 saturated heterocycles. The summed E-state index contributed by atoms with van der Waals surface area (Å²) in [6, 6.07) is 6.20. The molecule has 0 aromatic heterocycles. The van der Waals surface area contributed by atoms with E-state index in [1.165, 1.54) is 0 Å². The Morgan fingerprint density at radius 3 is 2.83 bits per heavy atom. The van der Waals surface area contributed by atoms with Crippen LogP contribution in [0.25, 0.3) is 0 Å². The summed E-state index contributed by atoms with van der Waals surface area (Å²) in [6.45, 7) is 3.57. The molecule has 0 radical (unpaired) electrons. The van der Waals surface area contributed by atoms with Gasteiger partial charge in [0.05, 0.1) is 14.2 Å². The van der Waals surface area contributed by atoms with Gasteiger partial charge in [-0.05, 0) is 43.2 Å². The number of rotatable bonds is 5. The van der Waals surface area contributed by atoms with Gasteiger partial charge >= 0.3 is 6.03 Å². The maximum absolute atomic E-state index is 12.3. The van der Waals surface area contributed by atoms with Gasteiger partial charge in [-0.3, -0.25) is 0 Å². The first-order chi connectivity index (χ1) is 11.2. The monoisotopic (exact) mass is 338 g/mol. The average molecular weight is 338 g/mol. The quantitative estimate of drug-likeness (QED) is 0.897. The minimum Gasteiger partial charge on any atom is -0.493 e. The number of urea groups is 1. The van der Waals surface area contributed by atoms with E-state index in [0.29, 0.717) is 12.6 Å². The van der Waals surface area contributed by atoms with Crippen molar-refractivity contribution in [1.29, 1.82) is 0 Å². The third-order valence-electron chi connectivity index (χ3n) is 4.09. The second-order valence-electron chi connectivity index (χ2n) is 5.61. The van der Waals surface area contributed by atoms with Crippen molar-refractivity contribution in [2.45, 2.75) is 25.8 Å². The largest absolute Gasteiger partial charge is 0.493 e. The molecule has 1 unspecified atom stereocenters. The number of thioether (sulfide) groups is 1. The lowest BCUT2D eigenvalue weighted by Gasteiger charge is -2.27. The summed E-state index contributed by atoms with van der Waals surface area (Å²) in [4.78, 5) is 14.3. The van der Waals surface area contributed by atoms with Crippen LogP contribution in [0.1, 0.15) is 18.9 Å². The minimum atomic E-state index is 0.0421. The fraction of sp³-hybridized carbons (Fsp3) is 0.588. The number of amides is 2. The molecule has 1 aromatic rings. The molecule has 23 heavy (non-hydrogen) atoms. The summed E-state index contributed by atoms with van der Waals surface area (Å²) in [5, 5.41) is 3.03. The van der Waals surface area contributed by atoms with Crippen molar-refractivity contribution in [1.82, 2.24) is 10.2 Å². The van der Waals surface area contributed by atoms with Crippen LogP contribution in [-0.4, -0.2) is 55.8 Å². The van der Waals surface area contributed by atoms with E-state index < -0.39 is 0 Å². The number of benzene rings is 1. The lowest BCUT2D eigenvalue weighted by molar-refractivity contribution is 0.183. The van der Waals surface area contributed by atoms with Gasteiger partial charge in [-0.15, -0.1) is 0 Å². The minimum absolute atomic E-state index is 0.0421. The third kappa shape index (κ3) is 4.96. The van der Waals surface area contributed by atoms with Crippen LogP contribution in [-0.2, 0) is 6.42 Å². The second kappa shape index (κ2) is 8.91. The molecule has 1 aliphatic heterocycles. The second-order valence-corrected chi connectivity index (χ2v) is 6.84. The van der Waals surface area contributed by atoms with Gasteiger partial charge in [0.15, 0.2) is 11.5 Å². The fourth-order valence-corrected chi connectivity index (χ4v) is 3.69. The topological polar surface area (TPSA) is 50.8 Å². The molecule has 0 saturated carbocycles. The van der Waals surface area contributed by atoms with Gasteiger partial charge in [0.2, 0.25) is 0 Å². The lowest BCUT2D eigenvalue weighted by atomic mass is 10.1. The zero-order chi connectivity index (χ0) is 16.7. The van der Waals surface area contributed by atoms with Gasteiger partial charge in [0, 0.05) is 24.9 Å². The number of hydrogen-bond acceptors (Lipinski definition) is 4. The zero-order valence-corrected chi connectivity index (χ0v) is 14.9. The molecular weight excluding hydrogens is 312 g/mol. The Labute approximate surface area is 142 Å². The number of ether oxygens (including phenoxy) is 2. The van der Waals surface area contributed by atoms with Crippen LogP contribution in [0.3, 0.4) is 0 Å². The molecule has 2 rings (SSSR count). The van der Waals surface area contributed by atoms with Crippen molar-refractivity contribution in [2.75, 3.05) is 38.8 Å². The van der Waals surface area contributed by atoms with E-state index >= 15 is 0 Å². The Bertz CT molecular complexity index is 525. The first-order valence-electron chi connectivity index (χ1n) is 7.98. The molecule has 1 heterocycles. The molecule has 1 aromatic carbocycles. The highest BCUT2D eigenvalue weighted by molar-refractivity contribution is 7.99. The molecule has 1 aliphatic rings. The summed E-state index contributed by atoms with van der Waals surface area (Å²) in [5.74, 6) is 3.59. The number of methoxy groups -OCH3 is 2. The Hall–Kier alpha value is -1.56. The maximum atomic E-state index is 12.3. The number of carbonyl (C=O) groups excluding carboxylic acids is 1. The molecular formula is C17H26N2O3S. The molecule has 6 heteroatoms. The van der Waals surface area contributed by atoms with E-state index in [0.717, 1.165) is 48.0 Å². The van der Waals surface area contributed by atoms with Gasteiger partial charge in [-0.1, -0.05) is 6.07 Å². The van der Waals surface area contributed by atoms with E-state index in [-0.39, 0.29) is 6.03 Å². The zero-order valence-electron chi connectivity index (χ0n) is 14.1. The van der Waals surface area contributed by atoms with Crippen LogP contribution in [0, 0.1) is 0 Å². The predicted molar refractivity (Wildman–Crippen MR) is 94.8 cm³/mol. The van der Waals surface area contributed by atoms with E-state index in [1.54, 1.807) is 14.2 Å². The van der Waals surface area contributed by atoms with Crippen LogP contribution in [0.4, 0.5) is 4.79 Å². The highest BCUT2D eigenvalue weighted by atomic mass is 32.2. The van der Waals surface area contributed by atoms with Crippen molar-refractivity contribution in [3.05, 3.63) is 23.8 Å². The third-order valence-corrected chi connectivity index (χ3v) is 5.08. The first-order valence-corrected chi connectivity index (χ1v) is 9.14. The summed E-state index contributed by atoms with van der Waals surface area (Å²) >= 11 is 1.92. The van der Waals surface area contributed by atoms with E-state index in [2.05, 4.69) is 12.2 Å². The Morgan fingerprint density at radius 1 is 1.30 bits per heavy atom.